The minimum Gasteiger partial charge on any atom is -0.453 e. The molecule has 0 aromatic carbocycles. The van der Waals surface area contributed by atoms with Gasteiger partial charge in [0.1, 0.15) is 23.7 Å². The molecule has 0 saturated carbocycles. The van der Waals surface area contributed by atoms with E-state index < -0.39 is 24.3 Å². The number of H-pyrrole nitrogens is 2. The molecule has 4 aromatic rings. The standard InChI is InChI=1S/C36H48N8O6S2/c1-17(2)29(41-35(47)49-7)33(45)43-15-19(5)9-23(43)31-37-13-21(39-31)25-11-27-28(51-25)12-26(52-27)22-14-38-32(40-22)24-10-20(6)16-44(24)34(46)30(18(3)4)42-36(48)50-8/h11-14,17-20,23-24,29-30H,9-10,15-16H2,1-8H3,(H,37,39)(H,38,40)(H,41,47)(H,42,48)/t19-,20-,23-,24-,29-,30-/m0/s1. The SMILES string of the molecule is COC(=O)N[C@H](C(=O)N1C[C@@H](C)C[C@H]1c1ncc(-c2cc3sc(-c4cnc([C@@H]5C[C@H](C)CN5C(=O)[C@@H](NC(=O)OC)C(C)C)[nH]4)cc3s2)[nH]1)C(C)C. The van der Waals surface area contributed by atoms with Crippen LogP contribution in [0.25, 0.3) is 30.5 Å². The van der Waals surface area contributed by atoms with Crippen LogP contribution in [0, 0.1) is 23.7 Å². The zero-order valence-electron chi connectivity index (χ0n) is 30.8. The van der Waals surface area contributed by atoms with Crippen molar-refractivity contribution < 1.29 is 28.7 Å². The first-order valence-electron chi connectivity index (χ1n) is 17.7. The summed E-state index contributed by atoms with van der Waals surface area (Å²) in [6.07, 6.45) is 3.93. The minimum atomic E-state index is -0.699. The van der Waals surface area contributed by atoms with Crippen LogP contribution in [-0.4, -0.2) is 93.1 Å². The van der Waals surface area contributed by atoms with E-state index in [1.54, 1.807) is 22.7 Å². The van der Waals surface area contributed by atoms with Crippen molar-refractivity contribution in [3.8, 4) is 21.1 Å². The van der Waals surface area contributed by atoms with Crippen LogP contribution < -0.4 is 10.6 Å². The zero-order valence-corrected chi connectivity index (χ0v) is 32.4. The molecule has 2 fully saturated rings. The number of likely N-dealkylation sites (tertiary alicyclic amines) is 2. The van der Waals surface area contributed by atoms with E-state index in [1.165, 1.54) is 14.2 Å². The highest BCUT2D eigenvalue weighted by Gasteiger charge is 2.41. The molecule has 0 aliphatic carbocycles. The number of aromatic nitrogens is 4. The maximum Gasteiger partial charge on any atom is 0.407 e. The van der Waals surface area contributed by atoms with E-state index in [0.29, 0.717) is 13.1 Å². The van der Waals surface area contributed by atoms with Gasteiger partial charge in [-0.25, -0.2) is 19.6 Å². The maximum atomic E-state index is 13.7. The predicted octanol–water partition coefficient (Wildman–Crippen LogP) is 6.32. The van der Waals surface area contributed by atoms with E-state index in [0.717, 1.165) is 55.0 Å². The van der Waals surface area contributed by atoms with Crippen molar-refractivity contribution in [2.24, 2.45) is 23.7 Å². The molecule has 14 nitrogen and oxygen atoms in total. The Morgan fingerprint density at radius 3 is 1.46 bits per heavy atom. The van der Waals surface area contributed by atoms with E-state index in [4.69, 9.17) is 19.4 Å². The highest BCUT2D eigenvalue weighted by atomic mass is 32.1. The van der Waals surface area contributed by atoms with Gasteiger partial charge in [0, 0.05) is 22.5 Å². The Hall–Kier alpha value is -4.44. The maximum absolute atomic E-state index is 13.7. The summed E-state index contributed by atoms with van der Waals surface area (Å²) in [7, 11) is 2.58. The zero-order chi connectivity index (χ0) is 37.4. The molecule has 16 heteroatoms. The van der Waals surface area contributed by atoms with Crippen LogP contribution in [0.3, 0.4) is 0 Å². The molecule has 2 saturated heterocycles. The molecule has 2 aliphatic rings. The first kappa shape index (κ1) is 37.3. The smallest absolute Gasteiger partial charge is 0.407 e. The van der Waals surface area contributed by atoms with Gasteiger partial charge >= 0.3 is 12.2 Å². The van der Waals surface area contributed by atoms with E-state index in [-0.39, 0.29) is 47.6 Å². The lowest BCUT2D eigenvalue weighted by atomic mass is 10.0. The van der Waals surface area contributed by atoms with Crippen molar-refractivity contribution in [3.05, 3.63) is 36.2 Å². The molecule has 0 unspecified atom stereocenters. The van der Waals surface area contributed by atoms with Gasteiger partial charge in [0.05, 0.1) is 59.8 Å². The Labute approximate surface area is 311 Å². The van der Waals surface area contributed by atoms with Crippen molar-refractivity contribution in [2.75, 3.05) is 27.3 Å². The molecule has 6 rings (SSSR count). The highest BCUT2D eigenvalue weighted by Crippen LogP contribution is 2.43. The number of carbonyl (C=O) groups is 4. The number of hydrogen-bond acceptors (Lipinski definition) is 10. The number of amides is 4. The predicted molar refractivity (Wildman–Crippen MR) is 200 cm³/mol. The van der Waals surface area contributed by atoms with Crippen LogP contribution in [0.4, 0.5) is 9.59 Å². The van der Waals surface area contributed by atoms with E-state index in [9.17, 15) is 19.2 Å². The second-order valence-corrected chi connectivity index (χ2v) is 16.9. The Morgan fingerprint density at radius 2 is 1.12 bits per heavy atom. The van der Waals surface area contributed by atoms with E-state index >= 15 is 0 Å². The number of imidazole rings is 2. The Balaban J connectivity index is 1.17. The molecule has 52 heavy (non-hydrogen) atoms. The molecule has 2 aliphatic heterocycles. The van der Waals surface area contributed by atoms with Crippen LogP contribution >= 0.6 is 22.7 Å². The normalized spacial score (nSPS) is 21.6. The molecule has 4 N–H and O–H groups in total. The average molecular weight is 753 g/mol. The summed E-state index contributed by atoms with van der Waals surface area (Å²) in [5, 5.41) is 5.42. The molecular formula is C36H48N8O6S2. The first-order valence-corrected chi connectivity index (χ1v) is 19.3. The number of alkyl carbamates (subject to hydrolysis) is 2. The number of nitrogens with one attached hydrogen (secondary N) is 4. The number of nitrogens with zero attached hydrogens (tertiary/aromatic N) is 4. The van der Waals surface area contributed by atoms with Gasteiger partial charge < -0.3 is 39.9 Å². The van der Waals surface area contributed by atoms with Gasteiger partial charge in [-0.15, -0.1) is 22.7 Å². The molecule has 4 amide bonds. The van der Waals surface area contributed by atoms with Gasteiger partial charge in [0.2, 0.25) is 11.8 Å². The fourth-order valence-corrected chi connectivity index (χ4v) is 9.54. The van der Waals surface area contributed by atoms with Crippen molar-refractivity contribution in [3.63, 3.8) is 0 Å². The Morgan fingerprint density at radius 1 is 0.731 bits per heavy atom. The van der Waals surface area contributed by atoms with Crippen molar-refractivity contribution in [2.45, 2.75) is 78.6 Å². The highest BCUT2D eigenvalue weighted by molar-refractivity contribution is 7.31. The van der Waals surface area contributed by atoms with Crippen molar-refractivity contribution in [1.29, 1.82) is 0 Å². The Bertz CT molecular complexity index is 1770. The summed E-state index contributed by atoms with van der Waals surface area (Å²) in [6, 6.07) is 2.45. The van der Waals surface area contributed by atoms with Gasteiger partial charge in [0.15, 0.2) is 0 Å². The van der Waals surface area contributed by atoms with Gasteiger partial charge in [-0.1, -0.05) is 41.5 Å². The number of aromatic amines is 2. The summed E-state index contributed by atoms with van der Waals surface area (Å²) >= 11 is 3.32. The Kier molecular flexibility index (Phi) is 11.0. The number of carbonyl (C=O) groups excluding carboxylic acids is 4. The lowest BCUT2D eigenvalue weighted by Crippen LogP contribution is -2.51. The summed E-state index contributed by atoms with van der Waals surface area (Å²) < 4.78 is 11.8. The topological polar surface area (TPSA) is 175 Å². The molecule has 280 valence electrons. The van der Waals surface area contributed by atoms with Gasteiger partial charge in [0.25, 0.3) is 0 Å². The quantitative estimate of drug-likeness (QED) is 0.146. The number of methoxy groups -OCH3 is 2. The molecule has 6 atom stereocenters. The summed E-state index contributed by atoms with van der Waals surface area (Å²) in [5.74, 6) is 1.50. The molecule has 0 radical (unpaired) electrons. The third-order valence-electron chi connectivity index (χ3n) is 9.93. The molecule has 0 bridgehead atoms. The monoisotopic (exact) mass is 752 g/mol. The average Bonchev–Trinajstić information content (AvgIpc) is 3.94. The second-order valence-electron chi connectivity index (χ2n) is 14.7. The number of thiophene rings is 2. The van der Waals surface area contributed by atoms with Crippen LogP contribution in [0.5, 0.6) is 0 Å². The fraction of sp³-hybridized carbons (Fsp3) is 0.556. The lowest BCUT2D eigenvalue weighted by Gasteiger charge is -2.30. The largest absolute Gasteiger partial charge is 0.453 e. The minimum absolute atomic E-state index is 0.114. The van der Waals surface area contributed by atoms with E-state index in [1.807, 2.05) is 49.9 Å². The first-order chi connectivity index (χ1) is 24.8. The summed E-state index contributed by atoms with van der Waals surface area (Å²) in [5.41, 5.74) is 1.77. The fourth-order valence-electron chi connectivity index (χ4n) is 7.22. The van der Waals surface area contributed by atoms with Gasteiger partial charge in [-0.2, -0.15) is 0 Å². The third-order valence-corrected chi connectivity index (χ3v) is 12.3. The second kappa shape index (κ2) is 15.3. The van der Waals surface area contributed by atoms with Gasteiger partial charge in [-0.05, 0) is 48.6 Å². The molecule has 6 heterocycles. The third kappa shape index (κ3) is 7.54. The summed E-state index contributed by atoms with van der Waals surface area (Å²) in [4.78, 5) is 73.5. The molecule has 4 aromatic heterocycles. The molecule has 0 spiro atoms. The van der Waals surface area contributed by atoms with Crippen LogP contribution in [0.1, 0.15) is 78.1 Å². The number of fused-ring (bicyclic) bond motifs is 1. The number of ether oxygens (including phenoxy) is 2. The van der Waals surface area contributed by atoms with E-state index in [2.05, 4.69) is 46.6 Å². The lowest BCUT2D eigenvalue weighted by molar-refractivity contribution is -0.136. The van der Waals surface area contributed by atoms with Crippen molar-refractivity contribution >= 4 is 56.1 Å². The number of hydrogen-bond donors (Lipinski definition) is 4. The van der Waals surface area contributed by atoms with Crippen LogP contribution in [-0.2, 0) is 19.1 Å². The number of rotatable bonds is 10. The van der Waals surface area contributed by atoms with Crippen molar-refractivity contribution in [1.82, 2.24) is 40.4 Å². The summed E-state index contributed by atoms with van der Waals surface area (Å²) in [6.45, 7) is 13.0. The van der Waals surface area contributed by atoms with Crippen LogP contribution in [0.2, 0.25) is 0 Å². The van der Waals surface area contributed by atoms with Gasteiger partial charge in [-0.3, -0.25) is 9.59 Å². The molecular weight excluding hydrogens is 705 g/mol. The van der Waals surface area contributed by atoms with Crippen LogP contribution in [0.15, 0.2) is 24.5 Å².